The number of hydrogen-bond acceptors (Lipinski definition) is 11. The Labute approximate surface area is 217 Å². The van der Waals surface area contributed by atoms with Crippen molar-refractivity contribution in [2.75, 3.05) is 25.2 Å². The number of thiol groups is 1. The molecule has 0 bridgehead atoms. The van der Waals surface area contributed by atoms with Crippen LogP contribution in [0.2, 0.25) is 0 Å². The molecule has 0 aromatic carbocycles. The molecule has 0 saturated carbocycles. The molecule has 13 heteroatoms. The van der Waals surface area contributed by atoms with Gasteiger partial charge >= 0.3 is 11.9 Å². The van der Waals surface area contributed by atoms with Gasteiger partial charge in [-0.25, -0.2) is 0 Å². The fourth-order valence-corrected chi connectivity index (χ4v) is 4.31. The first kappa shape index (κ1) is 31.5. The van der Waals surface area contributed by atoms with Crippen molar-refractivity contribution in [3.63, 3.8) is 0 Å². The Morgan fingerprint density at radius 1 is 1.11 bits per heavy atom. The van der Waals surface area contributed by atoms with Gasteiger partial charge < -0.3 is 29.7 Å². The van der Waals surface area contributed by atoms with Crippen LogP contribution in [0.3, 0.4) is 0 Å². The molecular weight excluding hydrogens is 498 g/mol. The van der Waals surface area contributed by atoms with E-state index in [-0.39, 0.29) is 36.6 Å². The van der Waals surface area contributed by atoms with Crippen molar-refractivity contribution < 1.29 is 38.2 Å². The van der Waals surface area contributed by atoms with Gasteiger partial charge in [0.25, 0.3) is 0 Å². The number of hydrogen-bond donors (Lipinski definition) is 4. The minimum Gasteiger partial charge on any atom is -0.459 e. The third kappa shape index (κ3) is 11.8. The molecule has 1 heterocycles. The van der Waals surface area contributed by atoms with Crippen molar-refractivity contribution >= 4 is 48.3 Å². The third-order valence-electron chi connectivity index (χ3n) is 5.75. The van der Waals surface area contributed by atoms with Gasteiger partial charge in [0.1, 0.15) is 18.2 Å². The van der Waals surface area contributed by atoms with Gasteiger partial charge in [0.05, 0.1) is 0 Å². The predicted molar refractivity (Wildman–Crippen MR) is 134 cm³/mol. The highest BCUT2D eigenvalue weighted by Gasteiger charge is 2.44. The average molecular weight is 538 g/mol. The Bertz CT molecular complexity index is 700. The summed E-state index contributed by atoms with van der Waals surface area (Å²) in [6.45, 7) is 7.05. The van der Waals surface area contributed by atoms with Crippen LogP contribution < -0.4 is 15.5 Å². The van der Waals surface area contributed by atoms with Gasteiger partial charge in [0, 0.05) is 45.3 Å². The normalized spacial score (nSPS) is 24.8. The number of thioether (sulfide) groups is 1. The number of amides is 2. The Morgan fingerprint density at radius 3 is 2.43 bits per heavy atom. The molecule has 1 rings (SSSR count). The lowest BCUT2D eigenvalue weighted by molar-refractivity contribution is -0.265. The van der Waals surface area contributed by atoms with Crippen molar-refractivity contribution in [3.05, 3.63) is 0 Å². The smallest absolute Gasteiger partial charge is 0.325 e. The number of esters is 1. The summed E-state index contributed by atoms with van der Waals surface area (Å²) < 4.78 is 17.6. The maximum Gasteiger partial charge on any atom is 0.325 e. The van der Waals surface area contributed by atoms with Crippen LogP contribution in [0.25, 0.3) is 0 Å². The van der Waals surface area contributed by atoms with Gasteiger partial charge in [-0.05, 0) is 31.3 Å². The monoisotopic (exact) mass is 537 g/mol. The van der Waals surface area contributed by atoms with Crippen molar-refractivity contribution in [2.24, 2.45) is 11.8 Å². The summed E-state index contributed by atoms with van der Waals surface area (Å²) in [5, 5.41) is 5.50. The van der Waals surface area contributed by atoms with Gasteiger partial charge in [-0.2, -0.15) is 11.8 Å². The van der Waals surface area contributed by atoms with E-state index in [0.717, 1.165) is 0 Å². The second-order valence-electron chi connectivity index (χ2n) is 8.51. The molecule has 6 atom stereocenters. The molecule has 1 saturated heterocycles. The highest BCUT2D eigenvalue weighted by molar-refractivity contribution is 7.98. The highest BCUT2D eigenvalue weighted by Crippen LogP contribution is 2.33. The minimum atomic E-state index is -0.663. The lowest BCUT2D eigenvalue weighted by Gasteiger charge is -2.44. The molecule has 202 valence electrons. The summed E-state index contributed by atoms with van der Waals surface area (Å²) in [6.07, 6.45) is 2.05. The molecule has 35 heavy (non-hydrogen) atoms. The first-order valence-electron chi connectivity index (χ1n) is 11.7. The van der Waals surface area contributed by atoms with E-state index in [2.05, 4.69) is 28.3 Å². The Balaban J connectivity index is 2.75. The zero-order valence-corrected chi connectivity index (χ0v) is 22.7. The lowest BCUT2D eigenvalue weighted by atomic mass is 9.84. The van der Waals surface area contributed by atoms with E-state index in [1.54, 1.807) is 11.8 Å². The number of unbranched alkanes of at least 4 members (excludes halogenated alkanes) is 1. The summed E-state index contributed by atoms with van der Waals surface area (Å²) in [7, 11) is 0. The Hall–Kier alpha value is -1.54. The van der Waals surface area contributed by atoms with E-state index in [1.165, 1.54) is 13.8 Å². The van der Waals surface area contributed by atoms with Crippen LogP contribution >= 0.6 is 24.6 Å². The van der Waals surface area contributed by atoms with E-state index in [1.807, 2.05) is 25.0 Å². The van der Waals surface area contributed by atoms with E-state index < -0.39 is 36.5 Å². The SMILES string of the molecule is CSCCC(NC(C)=O)C(=O)NCC1OC(OCCCCC(=O)ONS)C(C)[C@@H](C)[C@H]1OC(C)=O. The van der Waals surface area contributed by atoms with Crippen molar-refractivity contribution in [3.8, 4) is 0 Å². The second-order valence-corrected chi connectivity index (χ2v) is 9.68. The molecule has 4 unspecified atom stereocenters. The van der Waals surface area contributed by atoms with Crippen molar-refractivity contribution in [1.82, 2.24) is 15.5 Å². The van der Waals surface area contributed by atoms with Gasteiger partial charge in [0.2, 0.25) is 11.8 Å². The molecule has 2 amide bonds. The Morgan fingerprint density at radius 2 is 1.83 bits per heavy atom. The predicted octanol–water partition coefficient (Wildman–Crippen LogP) is 1.37. The summed E-state index contributed by atoms with van der Waals surface area (Å²) in [4.78, 5) is 53.9. The summed E-state index contributed by atoms with van der Waals surface area (Å²) in [5.41, 5.74) is 0. The van der Waals surface area contributed by atoms with E-state index in [4.69, 9.17) is 14.2 Å². The lowest BCUT2D eigenvalue weighted by Crippen LogP contribution is -2.56. The molecule has 3 N–H and O–H groups in total. The number of nitrogens with one attached hydrogen (secondary N) is 3. The molecule has 0 aliphatic carbocycles. The number of carbonyl (C=O) groups is 4. The zero-order chi connectivity index (χ0) is 26.4. The van der Waals surface area contributed by atoms with Gasteiger partial charge in [-0.15, -0.1) is 0 Å². The Kier molecular flexibility index (Phi) is 15.3. The van der Waals surface area contributed by atoms with Crippen LogP contribution in [0.1, 0.15) is 53.4 Å². The molecule has 0 spiro atoms. The maximum absolute atomic E-state index is 12.8. The van der Waals surface area contributed by atoms with E-state index >= 15 is 0 Å². The van der Waals surface area contributed by atoms with Crippen LogP contribution in [0.5, 0.6) is 0 Å². The van der Waals surface area contributed by atoms with Crippen LogP contribution in [-0.2, 0) is 38.2 Å². The van der Waals surface area contributed by atoms with Gasteiger partial charge in [0.15, 0.2) is 6.29 Å². The molecule has 11 nitrogen and oxygen atoms in total. The zero-order valence-electron chi connectivity index (χ0n) is 21.0. The molecule has 1 fully saturated rings. The first-order chi connectivity index (χ1) is 16.6. The van der Waals surface area contributed by atoms with Crippen LogP contribution in [0.15, 0.2) is 0 Å². The molecule has 0 aromatic rings. The summed E-state index contributed by atoms with van der Waals surface area (Å²) >= 11 is 5.19. The van der Waals surface area contributed by atoms with Gasteiger partial charge in [-0.1, -0.05) is 31.5 Å². The van der Waals surface area contributed by atoms with Crippen molar-refractivity contribution in [2.45, 2.75) is 77.9 Å². The molecule has 1 aliphatic rings. The summed E-state index contributed by atoms with van der Waals surface area (Å²) in [6, 6.07) is -0.663. The molecular formula is C22H39N3O8S2. The number of rotatable bonds is 15. The van der Waals surface area contributed by atoms with Crippen LogP contribution in [-0.4, -0.2) is 73.5 Å². The second kappa shape index (κ2) is 17.0. The minimum absolute atomic E-state index is 0.0849. The van der Waals surface area contributed by atoms with Crippen LogP contribution in [0, 0.1) is 11.8 Å². The molecule has 0 aromatic heterocycles. The molecule has 0 radical (unpaired) electrons. The first-order valence-corrected chi connectivity index (χ1v) is 13.5. The van der Waals surface area contributed by atoms with Gasteiger partial charge in [-0.3, -0.25) is 19.2 Å². The number of carbonyl (C=O) groups excluding carboxylic acids is 4. The maximum atomic E-state index is 12.8. The van der Waals surface area contributed by atoms with Crippen LogP contribution in [0.4, 0.5) is 0 Å². The largest absolute Gasteiger partial charge is 0.459 e. The highest BCUT2D eigenvalue weighted by atomic mass is 32.2. The fraction of sp³-hybridized carbons (Fsp3) is 0.818. The molecule has 1 aliphatic heterocycles. The topological polar surface area (TPSA) is 141 Å². The number of ether oxygens (including phenoxy) is 3. The van der Waals surface area contributed by atoms with Crippen molar-refractivity contribution in [1.29, 1.82) is 0 Å². The van der Waals surface area contributed by atoms with E-state index in [9.17, 15) is 19.2 Å². The standard InChI is InChI=1S/C22H39N3O8S2/c1-13-14(2)22(30-10-7-6-8-19(28)33-25-34)32-18(20(13)31-16(4)27)12-23-21(29)17(9-11-35-5)24-15(3)26/h13-14,17-18,20,22,25,34H,6-12H2,1-5H3,(H,23,29)(H,24,26)/t13-,14?,17?,18?,20-,22?/m1/s1. The third-order valence-corrected chi connectivity index (χ3v) is 6.49. The quantitative estimate of drug-likeness (QED) is 0.105. The summed E-state index contributed by atoms with van der Waals surface area (Å²) in [5.74, 6) is -0.938. The fourth-order valence-electron chi connectivity index (χ4n) is 3.74. The average Bonchev–Trinajstić information content (AvgIpc) is 2.79. The van der Waals surface area contributed by atoms with E-state index in [0.29, 0.717) is 31.6 Å².